The molecule has 2 amide bonds. The fourth-order valence-electron chi connectivity index (χ4n) is 3.59. The Morgan fingerprint density at radius 3 is 2.61 bits per heavy atom. The Kier molecular flexibility index (Phi) is 9.38. The van der Waals surface area contributed by atoms with Gasteiger partial charge in [-0.2, -0.15) is 0 Å². The van der Waals surface area contributed by atoms with Crippen LogP contribution in [-0.4, -0.2) is 33.1 Å². The largest absolute Gasteiger partial charge is 0.354 e. The zero-order valence-electron chi connectivity index (χ0n) is 19.2. The van der Waals surface area contributed by atoms with Gasteiger partial charge >= 0.3 is 0 Å². The summed E-state index contributed by atoms with van der Waals surface area (Å²) in [5.41, 5.74) is 0.958. The smallest absolute Gasteiger partial charge is 0.230 e. The molecule has 0 aliphatic carbocycles. The van der Waals surface area contributed by atoms with Crippen molar-refractivity contribution in [3.05, 3.63) is 63.7 Å². The molecule has 0 aliphatic rings. The molecule has 0 spiro atoms. The van der Waals surface area contributed by atoms with Crippen molar-refractivity contribution < 1.29 is 9.59 Å². The number of unbranched alkanes of at least 4 members (excludes halogenated alkanes) is 1. The number of hydrogen-bond donors (Lipinski definition) is 2. The summed E-state index contributed by atoms with van der Waals surface area (Å²) in [6, 6.07) is 11.7. The summed E-state index contributed by atoms with van der Waals surface area (Å²) in [5, 5.41) is 17.8. The Morgan fingerprint density at radius 2 is 1.85 bits per heavy atom. The first-order chi connectivity index (χ1) is 16.1. The van der Waals surface area contributed by atoms with E-state index in [1.54, 1.807) is 0 Å². The number of benzene rings is 1. The number of hydrogen-bond acceptors (Lipinski definition) is 5. The lowest BCUT2D eigenvalue weighted by Crippen LogP contribution is -2.33. The first-order valence-electron chi connectivity index (χ1n) is 11.3. The minimum Gasteiger partial charge on any atom is -0.354 e. The molecule has 2 aromatic heterocycles. The van der Waals surface area contributed by atoms with E-state index >= 15 is 0 Å². The van der Waals surface area contributed by atoms with Crippen LogP contribution in [0.3, 0.4) is 0 Å². The molecule has 3 rings (SSSR count). The molecule has 8 heteroatoms. The molecule has 1 aromatic carbocycles. The van der Waals surface area contributed by atoms with Gasteiger partial charge in [0.25, 0.3) is 0 Å². The molecule has 0 fully saturated rings. The Labute approximate surface area is 198 Å². The lowest BCUT2D eigenvalue weighted by molar-refractivity contribution is -0.121. The number of rotatable bonds is 11. The van der Waals surface area contributed by atoms with Crippen molar-refractivity contribution in [3.63, 3.8) is 0 Å². The van der Waals surface area contributed by atoms with Crippen LogP contribution >= 0.6 is 11.3 Å². The lowest BCUT2D eigenvalue weighted by Gasteiger charge is -2.07. The summed E-state index contributed by atoms with van der Waals surface area (Å²) in [6.07, 6.45) is 9.41. The highest BCUT2D eigenvalue weighted by atomic mass is 32.1. The van der Waals surface area contributed by atoms with Gasteiger partial charge in [0, 0.05) is 37.5 Å². The van der Waals surface area contributed by atoms with Crippen LogP contribution in [0.5, 0.6) is 0 Å². The Balaban J connectivity index is 1.32. The second-order valence-electron chi connectivity index (χ2n) is 7.70. The van der Waals surface area contributed by atoms with Crippen molar-refractivity contribution in [2.45, 2.75) is 52.5 Å². The van der Waals surface area contributed by atoms with Crippen molar-refractivity contribution >= 4 is 40.4 Å². The molecule has 0 saturated carbocycles. The molecule has 0 radical (unpaired) electrons. The zero-order valence-corrected chi connectivity index (χ0v) is 20.0. The highest BCUT2D eigenvalue weighted by Gasteiger charge is 2.09. The molecule has 0 bridgehead atoms. The molecule has 0 unspecified atom stereocenters. The molecule has 33 heavy (non-hydrogen) atoms. The second-order valence-corrected chi connectivity index (χ2v) is 8.76. The SMILES string of the molecule is C/C=c1/ccn(CCNC(=O)CCCCc2nnc(NC(=O)Cc3ccccc3)s2)/c1=C/C. The van der Waals surface area contributed by atoms with Crippen LogP contribution in [0, 0.1) is 0 Å². The van der Waals surface area contributed by atoms with Crippen LogP contribution in [0.1, 0.15) is 43.7 Å². The number of carbonyl (C=O) groups is 2. The molecule has 0 atom stereocenters. The third kappa shape index (κ3) is 7.68. The topological polar surface area (TPSA) is 88.9 Å². The van der Waals surface area contributed by atoms with Gasteiger partial charge in [-0.25, -0.2) is 0 Å². The van der Waals surface area contributed by atoms with E-state index in [1.165, 1.54) is 21.9 Å². The minimum absolute atomic E-state index is 0.0672. The van der Waals surface area contributed by atoms with Crippen LogP contribution in [0.15, 0.2) is 42.6 Å². The van der Waals surface area contributed by atoms with E-state index in [2.05, 4.69) is 49.8 Å². The van der Waals surface area contributed by atoms with Gasteiger partial charge in [-0.1, -0.05) is 53.8 Å². The summed E-state index contributed by atoms with van der Waals surface area (Å²) in [6.45, 7) is 5.42. The summed E-state index contributed by atoms with van der Waals surface area (Å²) < 4.78 is 2.15. The molecule has 2 heterocycles. The van der Waals surface area contributed by atoms with Gasteiger partial charge in [-0.3, -0.25) is 9.59 Å². The molecule has 0 aliphatic heterocycles. The molecule has 0 saturated heterocycles. The van der Waals surface area contributed by atoms with Gasteiger partial charge in [0.05, 0.1) is 6.42 Å². The van der Waals surface area contributed by atoms with Crippen LogP contribution in [0.25, 0.3) is 12.2 Å². The van der Waals surface area contributed by atoms with Gasteiger partial charge in [0.15, 0.2) is 0 Å². The number of carbonyl (C=O) groups excluding carboxylic acids is 2. The van der Waals surface area contributed by atoms with Crippen LogP contribution in [0.2, 0.25) is 0 Å². The monoisotopic (exact) mass is 465 g/mol. The molecular weight excluding hydrogens is 434 g/mol. The molecule has 3 aromatic rings. The predicted octanol–water partition coefficient (Wildman–Crippen LogP) is 2.65. The van der Waals surface area contributed by atoms with E-state index in [-0.39, 0.29) is 11.8 Å². The standard InChI is InChI=1S/C25H31N5O2S/c1-3-20-14-16-30(21(20)4-2)17-15-26-22(31)12-8-9-13-24-28-29-25(33-24)27-23(32)18-19-10-6-5-7-11-19/h3-7,10-11,14,16H,8-9,12-13,15,17-18H2,1-2H3,(H,26,31)(H,27,29,32)/b20-3-,21-4+. The summed E-state index contributed by atoms with van der Waals surface area (Å²) in [4.78, 5) is 24.3. The molecule has 174 valence electrons. The van der Waals surface area contributed by atoms with Gasteiger partial charge in [0.1, 0.15) is 5.01 Å². The van der Waals surface area contributed by atoms with Crippen LogP contribution in [-0.2, 0) is 29.0 Å². The van der Waals surface area contributed by atoms with Crippen molar-refractivity contribution in [1.82, 2.24) is 20.1 Å². The zero-order chi connectivity index (χ0) is 23.5. The summed E-state index contributed by atoms with van der Waals surface area (Å²) in [5.74, 6) is -0.0360. The fraction of sp³-hybridized carbons (Fsp3) is 0.360. The van der Waals surface area contributed by atoms with Crippen LogP contribution < -0.4 is 21.2 Å². The average Bonchev–Trinajstić information content (AvgIpc) is 3.43. The van der Waals surface area contributed by atoms with E-state index in [4.69, 9.17) is 0 Å². The molecule has 7 nitrogen and oxygen atoms in total. The van der Waals surface area contributed by atoms with Gasteiger partial charge < -0.3 is 15.2 Å². The maximum Gasteiger partial charge on any atom is 0.230 e. The Hall–Kier alpha value is -3.26. The van der Waals surface area contributed by atoms with Crippen molar-refractivity contribution in [2.75, 3.05) is 11.9 Å². The van der Waals surface area contributed by atoms with Gasteiger partial charge in [-0.05, 0) is 43.5 Å². The second kappa shape index (κ2) is 12.7. The Morgan fingerprint density at radius 1 is 1.03 bits per heavy atom. The van der Waals surface area contributed by atoms with E-state index in [0.29, 0.717) is 24.5 Å². The first kappa shape index (κ1) is 24.4. The van der Waals surface area contributed by atoms with E-state index in [0.717, 1.165) is 36.4 Å². The van der Waals surface area contributed by atoms with Crippen LogP contribution in [0.4, 0.5) is 5.13 Å². The molecular formula is C25H31N5O2S. The van der Waals surface area contributed by atoms with Crippen molar-refractivity contribution in [2.24, 2.45) is 0 Å². The normalized spacial score (nSPS) is 12.2. The predicted molar refractivity (Wildman–Crippen MR) is 133 cm³/mol. The van der Waals surface area contributed by atoms with Gasteiger partial charge in [0.2, 0.25) is 16.9 Å². The third-order valence-corrected chi connectivity index (χ3v) is 6.16. The highest BCUT2D eigenvalue weighted by Crippen LogP contribution is 2.18. The van der Waals surface area contributed by atoms with Crippen molar-refractivity contribution in [1.29, 1.82) is 0 Å². The number of nitrogens with one attached hydrogen (secondary N) is 2. The number of aromatic nitrogens is 3. The quantitative estimate of drug-likeness (QED) is 0.426. The molecule has 2 N–H and O–H groups in total. The third-order valence-electron chi connectivity index (χ3n) is 5.26. The summed E-state index contributed by atoms with van der Waals surface area (Å²) >= 11 is 1.39. The lowest BCUT2D eigenvalue weighted by atomic mass is 10.1. The highest BCUT2D eigenvalue weighted by molar-refractivity contribution is 7.15. The average molecular weight is 466 g/mol. The summed E-state index contributed by atoms with van der Waals surface area (Å²) in [7, 11) is 0. The number of amides is 2. The van der Waals surface area contributed by atoms with E-state index in [1.807, 2.05) is 44.2 Å². The number of anilines is 1. The van der Waals surface area contributed by atoms with E-state index in [9.17, 15) is 9.59 Å². The maximum atomic E-state index is 12.1. The first-order valence-corrected chi connectivity index (χ1v) is 12.1. The Bertz CT molecular complexity index is 1170. The van der Waals surface area contributed by atoms with E-state index < -0.39 is 0 Å². The fourth-order valence-corrected chi connectivity index (χ4v) is 4.39. The minimum atomic E-state index is -0.103. The number of nitrogens with zero attached hydrogens (tertiary/aromatic N) is 3. The van der Waals surface area contributed by atoms with Crippen molar-refractivity contribution in [3.8, 4) is 0 Å². The maximum absolute atomic E-state index is 12.1. The number of aryl methyl sites for hydroxylation is 1. The van der Waals surface area contributed by atoms with Gasteiger partial charge in [-0.15, -0.1) is 10.2 Å².